The first-order valence-corrected chi connectivity index (χ1v) is 8.45. The van der Waals surface area contributed by atoms with E-state index in [1.54, 1.807) is 6.92 Å². The van der Waals surface area contributed by atoms with Gasteiger partial charge in [-0.2, -0.15) is 0 Å². The van der Waals surface area contributed by atoms with Gasteiger partial charge in [-0.3, -0.25) is 9.59 Å². The van der Waals surface area contributed by atoms with Gasteiger partial charge in [0.2, 0.25) is 0 Å². The van der Waals surface area contributed by atoms with Gasteiger partial charge in [0.15, 0.2) is 0 Å². The summed E-state index contributed by atoms with van der Waals surface area (Å²) in [5, 5.41) is 9.43. The molecule has 4 nitrogen and oxygen atoms in total. The Morgan fingerprint density at radius 3 is 2.43 bits per heavy atom. The molecular weight excluding hydrogens is 268 g/mol. The molecule has 1 saturated carbocycles. The van der Waals surface area contributed by atoms with Gasteiger partial charge in [0.05, 0.1) is 18.4 Å². The molecule has 122 valence electrons. The van der Waals surface area contributed by atoms with Crippen LogP contribution in [0.1, 0.15) is 71.6 Å². The van der Waals surface area contributed by atoms with Crippen molar-refractivity contribution in [3.63, 3.8) is 0 Å². The number of esters is 1. The highest BCUT2D eigenvalue weighted by Gasteiger charge is 2.33. The molecule has 0 aliphatic heterocycles. The van der Waals surface area contributed by atoms with Crippen molar-refractivity contribution in [2.75, 3.05) is 6.61 Å². The Labute approximate surface area is 128 Å². The van der Waals surface area contributed by atoms with Crippen LogP contribution in [-0.4, -0.2) is 23.7 Å². The number of carbonyl (C=O) groups excluding carboxylic acids is 1. The van der Waals surface area contributed by atoms with Crippen LogP contribution in [0.4, 0.5) is 0 Å². The number of hydrogen-bond donors (Lipinski definition) is 1. The lowest BCUT2D eigenvalue weighted by Gasteiger charge is -2.27. The van der Waals surface area contributed by atoms with E-state index >= 15 is 0 Å². The van der Waals surface area contributed by atoms with Crippen LogP contribution in [0.3, 0.4) is 0 Å². The molecule has 0 heterocycles. The lowest BCUT2D eigenvalue weighted by molar-refractivity contribution is -0.157. The third-order valence-electron chi connectivity index (χ3n) is 4.60. The second-order valence-corrected chi connectivity index (χ2v) is 6.35. The molecule has 1 N–H and O–H groups in total. The fraction of sp³-hybridized carbons (Fsp3) is 0.882. The van der Waals surface area contributed by atoms with E-state index in [1.807, 2.05) is 0 Å². The summed E-state index contributed by atoms with van der Waals surface area (Å²) in [5.41, 5.74) is 0. The standard InChI is InChI=1S/C17H30O4/c1-3-4-8-11-21-17(20)13(2)15(16(18)19)12-14-9-6-5-7-10-14/h13-15H,3-12H2,1-2H3,(H,18,19)/t13-,15+/m0/s1. The first-order valence-electron chi connectivity index (χ1n) is 8.45. The van der Waals surface area contributed by atoms with Gasteiger partial charge in [0.1, 0.15) is 0 Å². The summed E-state index contributed by atoms with van der Waals surface area (Å²) in [6, 6.07) is 0. The smallest absolute Gasteiger partial charge is 0.309 e. The Hall–Kier alpha value is -1.06. The first-order chi connectivity index (χ1) is 10.1. The van der Waals surface area contributed by atoms with Crippen LogP contribution in [-0.2, 0) is 14.3 Å². The molecule has 0 aromatic carbocycles. The van der Waals surface area contributed by atoms with Crippen molar-refractivity contribution in [1.29, 1.82) is 0 Å². The van der Waals surface area contributed by atoms with Gasteiger partial charge >= 0.3 is 11.9 Å². The van der Waals surface area contributed by atoms with Gasteiger partial charge in [-0.25, -0.2) is 0 Å². The fourth-order valence-electron chi connectivity index (χ4n) is 3.12. The molecule has 0 saturated heterocycles. The summed E-state index contributed by atoms with van der Waals surface area (Å²) < 4.78 is 5.22. The normalized spacial score (nSPS) is 19.0. The molecule has 0 amide bonds. The lowest BCUT2D eigenvalue weighted by Crippen LogP contribution is -2.31. The summed E-state index contributed by atoms with van der Waals surface area (Å²) in [7, 11) is 0. The maximum absolute atomic E-state index is 12.0. The molecule has 0 radical (unpaired) electrons. The Bertz CT molecular complexity index is 321. The molecule has 2 atom stereocenters. The molecule has 1 rings (SSSR count). The van der Waals surface area contributed by atoms with Gasteiger partial charge in [0, 0.05) is 0 Å². The predicted molar refractivity (Wildman–Crippen MR) is 82.0 cm³/mol. The van der Waals surface area contributed by atoms with Gasteiger partial charge in [-0.15, -0.1) is 0 Å². The topological polar surface area (TPSA) is 63.6 Å². The van der Waals surface area contributed by atoms with Gasteiger partial charge < -0.3 is 9.84 Å². The third-order valence-corrected chi connectivity index (χ3v) is 4.60. The zero-order valence-corrected chi connectivity index (χ0v) is 13.5. The molecule has 0 unspecified atom stereocenters. The number of hydrogen-bond acceptors (Lipinski definition) is 3. The summed E-state index contributed by atoms with van der Waals surface area (Å²) in [6.07, 6.45) is 9.40. The molecule has 1 aliphatic carbocycles. The van der Waals surface area contributed by atoms with Crippen molar-refractivity contribution in [2.24, 2.45) is 17.8 Å². The van der Waals surface area contributed by atoms with E-state index in [0.29, 0.717) is 18.9 Å². The molecule has 4 heteroatoms. The lowest BCUT2D eigenvalue weighted by atomic mass is 9.79. The van der Waals surface area contributed by atoms with Crippen LogP contribution in [0.2, 0.25) is 0 Å². The SMILES string of the molecule is CCCCCOC(=O)[C@@H](C)[C@@H](CC1CCCCC1)C(=O)O. The monoisotopic (exact) mass is 298 g/mol. The van der Waals surface area contributed by atoms with Crippen LogP contribution in [0.25, 0.3) is 0 Å². The summed E-state index contributed by atoms with van der Waals surface area (Å²) >= 11 is 0. The summed E-state index contributed by atoms with van der Waals surface area (Å²) in [4.78, 5) is 23.5. The number of ether oxygens (including phenoxy) is 1. The second kappa shape index (κ2) is 9.80. The Morgan fingerprint density at radius 2 is 1.86 bits per heavy atom. The highest BCUT2D eigenvalue weighted by atomic mass is 16.5. The van der Waals surface area contributed by atoms with Crippen molar-refractivity contribution < 1.29 is 19.4 Å². The van der Waals surface area contributed by atoms with Crippen molar-refractivity contribution in [1.82, 2.24) is 0 Å². The van der Waals surface area contributed by atoms with Crippen molar-refractivity contribution in [3.8, 4) is 0 Å². The van der Waals surface area contributed by atoms with E-state index < -0.39 is 17.8 Å². The van der Waals surface area contributed by atoms with Crippen LogP contribution in [0.15, 0.2) is 0 Å². The van der Waals surface area contributed by atoms with Crippen molar-refractivity contribution in [2.45, 2.75) is 71.6 Å². The number of carboxylic acids is 1. The minimum absolute atomic E-state index is 0.352. The Kier molecular flexibility index (Phi) is 8.40. The number of rotatable bonds is 9. The van der Waals surface area contributed by atoms with Gasteiger partial charge in [-0.05, 0) is 18.8 Å². The predicted octanol–water partition coefficient (Wildman–Crippen LogP) is 4.03. The Morgan fingerprint density at radius 1 is 1.19 bits per heavy atom. The zero-order chi connectivity index (χ0) is 15.7. The second-order valence-electron chi connectivity index (χ2n) is 6.35. The van der Waals surface area contributed by atoms with Gasteiger partial charge in [-0.1, -0.05) is 58.8 Å². The highest BCUT2D eigenvalue weighted by Crippen LogP contribution is 2.32. The average molecular weight is 298 g/mol. The highest BCUT2D eigenvalue weighted by molar-refractivity contribution is 5.80. The quantitative estimate of drug-likeness (QED) is 0.515. The van der Waals surface area contributed by atoms with E-state index in [0.717, 1.165) is 32.1 Å². The maximum Gasteiger partial charge on any atom is 0.309 e. The molecular formula is C17H30O4. The van der Waals surface area contributed by atoms with Crippen molar-refractivity contribution >= 4 is 11.9 Å². The van der Waals surface area contributed by atoms with Crippen LogP contribution < -0.4 is 0 Å². The van der Waals surface area contributed by atoms with E-state index in [9.17, 15) is 14.7 Å². The third kappa shape index (κ3) is 6.49. The van der Waals surface area contributed by atoms with Crippen LogP contribution in [0, 0.1) is 17.8 Å². The van der Waals surface area contributed by atoms with E-state index in [1.165, 1.54) is 19.3 Å². The summed E-state index contributed by atoms with van der Waals surface area (Å²) in [5.74, 6) is -1.92. The Balaban J connectivity index is 2.45. The van der Waals surface area contributed by atoms with E-state index in [-0.39, 0.29) is 5.97 Å². The van der Waals surface area contributed by atoms with E-state index in [4.69, 9.17) is 4.74 Å². The molecule has 1 fully saturated rings. The van der Waals surface area contributed by atoms with Crippen molar-refractivity contribution in [3.05, 3.63) is 0 Å². The molecule has 21 heavy (non-hydrogen) atoms. The van der Waals surface area contributed by atoms with Crippen LogP contribution in [0.5, 0.6) is 0 Å². The number of unbranched alkanes of at least 4 members (excludes halogenated alkanes) is 2. The molecule has 1 aliphatic rings. The number of aliphatic carboxylic acids is 1. The zero-order valence-electron chi connectivity index (χ0n) is 13.5. The summed E-state index contributed by atoms with van der Waals surface area (Å²) in [6.45, 7) is 4.20. The largest absolute Gasteiger partial charge is 0.481 e. The molecule has 0 aromatic heterocycles. The van der Waals surface area contributed by atoms with Crippen LogP contribution >= 0.6 is 0 Å². The fourth-order valence-corrected chi connectivity index (χ4v) is 3.12. The first kappa shape index (κ1) is 18.0. The van der Waals surface area contributed by atoms with E-state index in [2.05, 4.69) is 6.92 Å². The number of carbonyl (C=O) groups is 2. The average Bonchev–Trinajstić information content (AvgIpc) is 2.49. The molecule has 0 aromatic rings. The minimum atomic E-state index is -0.862. The molecule has 0 spiro atoms. The minimum Gasteiger partial charge on any atom is -0.481 e. The maximum atomic E-state index is 12.0. The number of carboxylic acid groups (broad SMARTS) is 1. The van der Waals surface area contributed by atoms with Gasteiger partial charge in [0.25, 0.3) is 0 Å². The molecule has 0 bridgehead atoms.